The van der Waals surface area contributed by atoms with E-state index in [4.69, 9.17) is 17.3 Å². The van der Waals surface area contributed by atoms with Crippen molar-refractivity contribution in [1.29, 1.82) is 0 Å². The molecule has 1 heterocycles. The van der Waals surface area contributed by atoms with Gasteiger partial charge in [0.05, 0.1) is 6.20 Å². The second kappa shape index (κ2) is 4.82. The number of pyridine rings is 1. The van der Waals surface area contributed by atoms with Gasteiger partial charge in [-0.25, -0.2) is 4.39 Å². The summed E-state index contributed by atoms with van der Waals surface area (Å²) in [4.78, 5) is 3.81. The maximum Gasteiger partial charge on any atom is 0.142 e. The van der Waals surface area contributed by atoms with Gasteiger partial charge >= 0.3 is 0 Å². The third-order valence-corrected chi connectivity index (χ3v) is 2.86. The summed E-state index contributed by atoms with van der Waals surface area (Å²) >= 11 is 6.12. The number of benzene rings is 1. The lowest BCUT2D eigenvalue weighted by Gasteiger charge is -2.10. The van der Waals surface area contributed by atoms with Crippen LogP contribution in [0.2, 0.25) is 5.02 Å². The summed E-state index contributed by atoms with van der Waals surface area (Å²) in [5.74, 6) is -0.366. The van der Waals surface area contributed by atoms with Crippen LogP contribution >= 0.6 is 11.6 Å². The second-order valence-electron chi connectivity index (χ2n) is 3.92. The van der Waals surface area contributed by atoms with Gasteiger partial charge < -0.3 is 5.73 Å². The molecule has 1 aromatic heterocycles. The van der Waals surface area contributed by atoms with Crippen molar-refractivity contribution in [1.82, 2.24) is 4.98 Å². The van der Waals surface area contributed by atoms with E-state index in [2.05, 4.69) is 4.98 Å². The Morgan fingerprint density at radius 1 is 1.24 bits per heavy atom. The van der Waals surface area contributed by atoms with Gasteiger partial charge in [0.2, 0.25) is 0 Å². The molecule has 0 spiro atoms. The van der Waals surface area contributed by atoms with Crippen LogP contribution in [-0.2, 0) is 0 Å². The van der Waals surface area contributed by atoms with E-state index in [0.29, 0.717) is 10.6 Å². The number of halogens is 2. The van der Waals surface area contributed by atoms with Crippen molar-refractivity contribution >= 4 is 11.6 Å². The molecule has 0 aliphatic carbocycles. The summed E-state index contributed by atoms with van der Waals surface area (Å²) in [5.41, 5.74) is 8.17. The maximum atomic E-state index is 13.0. The van der Waals surface area contributed by atoms with Crippen LogP contribution in [0.1, 0.15) is 18.5 Å². The topological polar surface area (TPSA) is 38.9 Å². The largest absolute Gasteiger partial charge is 0.324 e. The first kappa shape index (κ1) is 12.0. The molecule has 0 aliphatic heterocycles. The minimum Gasteiger partial charge on any atom is -0.324 e. The van der Waals surface area contributed by atoms with Crippen molar-refractivity contribution in [2.45, 2.75) is 13.0 Å². The van der Waals surface area contributed by atoms with E-state index in [1.54, 1.807) is 12.3 Å². The Morgan fingerprint density at radius 2 is 2.00 bits per heavy atom. The van der Waals surface area contributed by atoms with Gasteiger partial charge in [0.1, 0.15) is 5.82 Å². The van der Waals surface area contributed by atoms with E-state index in [9.17, 15) is 4.39 Å². The van der Waals surface area contributed by atoms with Crippen LogP contribution in [0.25, 0.3) is 11.1 Å². The Hall–Kier alpha value is -1.45. The molecule has 0 aliphatic rings. The van der Waals surface area contributed by atoms with E-state index < -0.39 is 0 Å². The predicted octanol–water partition coefficient (Wildman–Crippen LogP) is 3.56. The molecule has 1 aromatic carbocycles. The molecule has 2 N–H and O–H groups in total. The molecule has 2 aromatic rings. The van der Waals surface area contributed by atoms with Crippen molar-refractivity contribution in [2.75, 3.05) is 0 Å². The summed E-state index contributed by atoms with van der Waals surface area (Å²) in [6, 6.07) is 6.79. The number of hydrogen-bond donors (Lipinski definition) is 1. The molecule has 1 unspecified atom stereocenters. The van der Waals surface area contributed by atoms with E-state index >= 15 is 0 Å². The zero-order valence-electron chi connectivity index (χ0n) is 9.32. The normalized spacial score (nSPS) is 12.5. The van der Waals surface area contributed by atoms with Crippen LogP contribution in [0, 0.1) is 5.82 Å². The summed E-state index contributed by atoms with van der Waals surface area (Å²) in [5, 5.41) is 0.585. The van der Waals surface area contributed by atoms with Gasteiger partial charge in [-0.1, -0.05) is 23.7 Å². The van der Waals surface area contributed by atoms with Crippen LogP contribution in [-0.4, -0.2) is 4.98 Å². The van der Waals surface area contributed by atoms with Crippen LogP contribution in [0.3, 0.4) is 0 Å². The van der Waals surface area contributed by atoms with Gasteiger partial charge in [-0.05, 0) is 30.2 Å². The summed E-state index contributed by atoms with van der Waals surface area (Å²) in [7, 11) is 0. The highest BCUT2D eigenvalue weighted by molar-refractivity contribution is 6.31. The first-order valence-electron chi connectivity index (χ1n) is 5.24. The molecule has 0 saturated heterocycles. The van der Waals surface area contributed by atoms with E-state index in [1.807, 2.05) is 19.1 Å². The van der Waals surface area contributed by atoms with Gasteiger partial charge in [0, 0.05) is 22.8 Å². The Kier molecular flexibility index (Phi) is 3.41. The van der Waals surface area contributed by atoms with Gasteiger partial charge in [-0.3, -0.25) is 4.98 Å². The molecule has 1 atom stereocenters. The van der Waals surface area contributed by atoms with Gasteiger partial charge in [-0.15, -0.1) is 0 Å². The van der Waals surface area contributed by atoms with E-state index in [-0.39, 0.29) is 11.9 Å². The van der Waals surface area contributed by atoms with Crippen molar-refractivity contribution in [3.63, 3.8) is 0 Å². The first-order chi connectivity index (χ1) is 8.08. The SMILES string of the molecule is CC(N)c1ccc(-c2cncc(F)c2)cc1Cl. The molecule has 0 amide bonds. The Morgan fingerprint density at radius 3 is 2.59 bits per heavy atom. The molecule has 0 saturated carbocycles. The number of nitrogens with two attached hydrogens (primary N) is 1. The zero-order valence-corrected chi connectivity index (χ0v) is 10.1. The lowest BCUT2D eigenvalue weighted by molar-refractivity contribution is 0.622. The number of aromatic nitrogens is 1. The lowest BCUT2D eigenvalue weighted by Crippen LogP contribution is -2.05. The average Bonchev–Trinajstić information content (AvgIpc) is 2.28. The quantitative estimate of drug-likeness (QED) is 0.885. The molecular weight excluding hydrogens is 239 g/mol. The van der Waals surface area contributed by atoms with Gasteiger partial charge in [0.15, 0.2) is 0 Å². The minimum absolute atomic E-state index is 0.123. The highest BCUT2D eigenvalue weighted by Gasteiger charge is 2.07. The third kappa shape index (κ3) is 2.62. The predicted molar refractivity (Wildman–Crippen MR) is 67.2 cm³/mol. The molecule has 88 valence electrons. The average molecular weight is 251 g/mol. The monoisotopic (exact) mass is 250 g/mol. The fraction of sp³-hybridized carbons (Fsp3) is 0.154. The zero-order chi connectivity index (χ0) is 12.4. The van der Waals surface area contributed by atoms with Crippen molar-refractivity contribution in [3.05, 3.63) is 53.1 Å². The standard InChI is InChI=1S/C13H12ClFN2/c1-8(16)12-3-2-9(5-13(12)14)10-4-11(15)7-17-6-10/h2-8H,16H2,1H3. The second-order valence-corrected chi connectivity index (χ2v) is 4.32. The molecule has 2 rings (SSSR count). The van der Waals surface area contributed by atoms with Crippen LogP contribution in [0.5, 0.6) is 0 Å². The Bertz CT molecular complexity index is 541. The van der Waals surface area contributed by atoms with Crippen LogP contribution < -0.4 is 5.73 Å². The van der Waals surface area contributed by atoms with Crippen molar-refractivity contribution in [2.24, 2.45) is 5.73 Å². The summed E-state index contributed by atoms with van der Waals surface area (Å²) < 4.78 is 13.0. The van der Waals surface area contributed by atoms with Crippen LogP contribution in [0.15, 0.2) is 36.7 Å². The van der Waals surface area contributed by atoms with Gasteiger partial charge in [-0.2, -0.15) is 0 Å². The summed E-state index contributed by atoms with van der Waals surface area (Å²) in [6.07, 6.45) is 2.77. The van der Waals surface area contributed by atoms with Crippen molar-refractivity contribution < 1.29 is 4.39 Å². The van der Waals surface area contributed by atoms with E-state index in [0.717, 1.165) is 11.1 Å². The number of hydrogen-bond acceptors (Lipinski definition) is 2. The summed E-state index contributed by atoms with van der Waals surface area (Å²) in [6.45, 7) is 1.87. The van der Waals surface area contributed by atoms with Crippen molar-refractivity contribution in [3.8, 4) is 11.1 Å². The maximum absolute atomic E-state index is 13.0. The highest BCUT2D eigenvalue weighted by Crippen LogP contribution is 2.28. The highest BCUT2D eigenvalue weighted by atomic mass is 35.5. The Balaban J connectivity index is 2.44. The fourth-order valence-electron chi connectivity index (χ4n) is 1.65. The molecule has 2 nitrogen and oxygen atoms in total. The Labute approximate surface area is 104 Å². The number of nitrogens with zero attached hydrogens (tertiary/aromatic N) is 1. The van der Waals surface area contributed by atoms with Crippen LogP contribution in [0.4, 0.5) is 4.39 Å². The third-order valence-electron chi connectivity index (χ3n) is 2.53. The molecule has 0 bridgehead atoms. The molecule has 17 heavy (non-hydrogen) atoms. The number of rotatable bonds is 2. The minimum atomic E-state index is -0.366. The smallest absolute Gasteiger partial charge is 0.142 e. The lowest BCUT2D eigenvalue weighted by atomic mass is 10.0. The van der Waals surface area contributed by atoms with E-state index in [1.165, 1.54) is 12.3 Å². The molecular formula is C13H12ClFN2. The fourth-order valence-corrected chi connectivity index (χ4v) is 2.00. The van der Waals surface area contributed by atoms with Gasteiger partial charge in [0.25, 0.3) is 0 Å². The molecule has 0 fully saturated rings. The molecule has 4 heteroatoms. The first-order valence-corrected chi connectivity index (χ1v) is 5.61. The molecule has 0 radical (unpaired) electrons.